The summed E-state index contributed by atoms with van der Waals surface area (Å²) in [5, 5.41) is 24.2. The van der Waals surface area contributed by atoms with Gasteiger partial charge in [-0.2, -0.15) is 0 Å². The Balaban J connectivity index is 1.29. The van der Waals surface area contributed by atoms with Gasteiger partial charge in [-0.3, -0.25) is 29.3 Å². The molecule has 2 aromatic carbocycles. The molecule has 0 fully saturated rings. The first-order valence-electron chi connectivity index (χ1n) is 22.6. The van der Waals surface area contributed by atoms with Crippen molar-refractivity contribution in [3.8, 4) is 17.6 Å². The highest BCUT2D eigenvalue weighted by molar-refractivity contribution is 5.98. The second kappa shape index (κ2) is 33.2. The second-order valence-corrected chi connectivity index (χ2v) is 15.6. The summed E-state index contributed by atoms with van der Waals surface area (Å²) in [6, 6.07) is 8.42. The molecule has 0 aromatic heterocycles. The first kappa shape index (κ1) is 55.9. The van der Waals surface area contributed by atoms with Crippen LogP contribution in [0.4, 0.5) is 21.0 Å². The Labute approximate surface area is 395 Å². The van der Waals surface area contributed by atoms with Crippen molar-refractivity contribution in [2.75, 3.05) is 77.9 Å². The van der Waals surface area contributed by atoms with E-state index in [1.54, 1.807) is 38.1 Å². The Morgan fingerprint density at radius 3 is 2.09 bits per heavy atom. The number of nitro groups is 1. The molecule has 1 aliphatic rings. The Bertz CT molecular complexity index is 1940. The summed E-state index contributed by atoms with van der Waals surface area (Å²) in [6.07, 6.45) is 4.16. The number of nitrogens with zero attached hydrogens (tertiary/aromatic N) is 1. The number of benzene rings is 2. The van der Waals surface area contributed by atoms with E-state index in [4.69, 9.17) is 38.9 Å². The van der Waals surface area contributed by atoms with Crippen molar-refractivity contribution in [1.29, 1.82) is 0 Å². The Hall–Kier alpha value is -6.38. The maximum Gasteiger partial charge on any atom is 0.514 e. The van der Waals surface area contributed by atoms with Crippen molar-refractivity contribution in [3.63, 3.8) is 0 Å². The highest BCUT2D eigenvalue weighted by Gasteiger charge is 2.29. The number of carbonyl (C=O) groups excluding carboxylic acids is 6. The molecule has 0 saturated carbocycles. The number of ether oxygens (including phenoxy) is 7. The molecule has 1 aliphatic carbocycles. The molecule has 22 heteroatoms. The number of nitrogens with two attached hydrogens (primary N) is 1. The van der Waals surface area contributed by atoms with E-state index >= 15 is 0 Å². The zero-order chi connectivity index (χ0) is 49.4. The average molecular weight is 956 g/mol. The predicted molar refractivity (Wildman–Crippen MR) is 246 cm³/mol. The Kier molecular flexibility index (Phi) is 27.3. The van der Waals surface area contributed by atoms with Crippen LogP contribution in [0.1, 0.15) is 70.8 Å². The topological polar surface area (TPSA) is 296 Å². The third-order valence-corrected chi connectivity index (χ3v) is 9.80. The maximum atomic E-state index is 13.5. The Morgan fingerprint density at radius 2 is 1.44 bits per heavy atom. The summed E-state index contributed by atoms with van der Waals surface area (Å²) >= 11 is 0. The van der Waals surface area contributed by atoms with Gasteiger partial charge in [-0.1, -0.05) is 38.3 Å². The second-order valence-electron chi connectivity index (χ2n) is 15.6. The highest BCUT2D eigenvalue weighted by Crippen LogP contribution is 2.19. The van der Waals surface area contributed by atoms with Crippen LogP contribution in [0.2, 0.25) is 0 Å². The van der Waals surface area contributed by atoms with Crippen LogP contribution in [-0.2, 0) is 54.2 Å². The van der Waals surface area contributed by atoms with E-state index in [0.717, 1.165) is 32.1 Å². The van der Waals surface area contributed by atoms with Crippen molar-refractivity contribution in [2.45, 2.75) is 90.0 Å². The first-order valence-corrected chi connectivity index (χ1v) is 22.6. The molecule has 22 nitrogen and oxygen atoms in total. The molecule has 374 valence electrons. The minimum Gasteiger partial charge on any atom is -0.429 e. The highest BCUT2D eigenvalue weighted by atomic mass is 16.7. The largest absolute Gasteiger partial charge is 0.514 e. The lowest BCUT2D eigenvalue weighted by molar-refractivity contribution is -0.384. The van der Waals surface area contributed by atoms with E-state index < -0.39 is 46.9 Å². The van der Waals surface area contributed by atoms with E-state index in [9.17, 15) is 38.9 Å². The van der Waals surface area contributed by atoms with Crippen LogP contribution in [-0.4, -0.2) is 131 Å². The molecule has 6 amide bonds. The molecule has 3 atom stereocenters. The number of non-ortho nitro benzene ring substituents is 1. The summed E-state index contributed by atoms with van der Waals surface area (Å²) in [6.45, 7) is 6.11. The van der Waals surface area contributed by atoms with Gasteiger partial charge >= 0.3 is 12.2 Å². The number of amides is 6. The smallest absolute Gasteiger partial charge is 0.429 e. The first-order chi connectivity index (χ1) is 32.8. The van der Waals surface area contributed by atoms with Gasteiger partial charge < -0.3 is 65.5 Å². The predicted octanol–water partition coefficient (Wildman–Crippen LogP) is 3.25. The van der Waals surface area contributed by atoms with Crippen LogP contribution in [0.3, 0.4) is 0 Å². The standard InChI is InChI=1S/C46H65N7O15/c1-33(2)42(52-40(54)20-23-62-25-27-64-29-30-65-28-26-63-24-22-48-41(55)32-66-37-9-6-4-3-5-7-10-37)44(57)51-39(11-8-21-49-45(47)58)43(56)50-35-14-12-34(13-15-35)31-67-46(59)68-38-18-16-36(17-19-38)53(60)61/h12-19,33,37,39,42H,3-6,8-9,11,20-32H2,1-2H3,(H,48,55)(H,50,56)(H,51,57)(H,52,54)(H3,47,49,58)/t37?,39-,42-/m0/s1. The molecule has 68 heavy (non-hydrogen) atoms. The summed E-state index contributed by atoms with van der Waals surface area (Å²) in [5.41, 5.74) is 5.92. The van der Waals surface area contributed by atoms with Crippen LogP contribution in [0, 0.1) is 27.9 Å². The number of anilines is 1. The molecule has 1 unspecified atom stereocenters. The minimum absolute atomic E-state index is 0.0276. The molecule has 0 spiro atoms. The summed E-state index contributed by atoms with van der Waals surface area (Å²) in [4.78, 5) is 85.3. The van der Waals surface area contributed by atoms with Gasteiger partial charge in [0.25, 0.3) is 5.69 Å². The molecule has 0 saturated heterocycles. The van der Waals surface area contributed by atoms with Gasteiger partial charge in [0, 0.05) is 43.8 Å². The van der Waals surface area contributed by atoms with Crippen molar-refractivity contribution < 1.29 is 66.8 Å². The molecule has 7 N–H and O–H groups in total. The van der Waals surface area contributed by atoms with Gasteiger partial charge in [0.1, 0.15) is 37.2 Å². The molecular weight excluding hydrogens is 891 g/mol. The van der Waals surface area contributed by atoms with Gasteiger partial charge in [-0.15, -0.1) is 5.92 Å². The van der Waals surface area contributed by atoms with E-state index in [2.05, 4.69) is 38.4 Å². The minimum atomic E-state index is -1.07. The van der Waals surface area contributed by atoms with Gasteiger partial charge in [0.05, 0.1) is 57.8 Å². The number of rotatable bonds is 32. The summed E-state index contributed by atoms with van der Waals surface area (Å²) < 4.78 is 37.7. The third-order valence-electron chi connectivity index (χ3n) is 9.80. The molecule has 2 aromatic rings. The lowest BCUT2D eigenvalue weighted by atomic mass is 10.0. The maximum absolute atomic E-state index is 13.5. The van der Waals surface area contributed by atoms with Gasteiger partial charge in [0.15, 0.2) is 0 Å². The lowest BCUT2D eigenvalue weighted by Gasteiger charge is -2.25. The fraction of sp³-hybridized carbons (Fsp3) is 0.565. The number of nitro benzene ring substituents is 1. The molecule has 0 radical (unpaired) electrons. The number of hydrogen-bond acceptors (Lipinski definition) is 15. The number of urea groups is 1. The molecule has 0 bridgehead atoms. The van der Waals surface area contributed by atoms with Crippen LogP contribution >= 0.6 is 0 Å². The van der Waals surface area contributed by atoms with Crippen LogP contribution in [0.25, 0.3) is 0 Å². The number of primary amides is 1. The van der Waals surface area contributed by atoms with E-state index in [0.29, 0.717) is 50.8 Å². The Morgan fingerprint density at radius 1 is 0.779 bits per heavy atom. The van der Waals surface area contributed by atoms with Crippen molar-refractivity contribution >= 4 is 47.2 Å². The fourth-order valence-electron chi connectivity index (χ4n) is 6.17. The zero-order valence-electron chi connectivity index (χ0n) is 38.7. The number of nitrogens with one attached hydrogen (secondary N) is 5. The van der Waals surface area contributed by atoms with Crippen LogP contribution in [0.15, 0.2) is 48.5 Å². The zero-order valence-corrected chi connectivity index (χ0v) is 38.7. The number of carbonyl (C=O) groups is 6. The monoisotopic (exact) mass is 955 g/mol. The van der Waals surface area contributed by atoms with Gasteiger partial charge in [-0.25, -0.2) is 9.59 Å². The molecular formula is C46H65N7O15. The van der Waals surface area contributed by atoms with Gasteiger partial charge in [-0.05, 0) is 67.9 Å². The summed E-state index contributed by atoms with van der Waals surface area (Å²) in [5.74, 6) is 4.09. The quantitative estimate of drug-likeness (QED) is 0.0153. The van der Waals surface area contributed by atoms with E-state index in [1.807, 2.05) is 0 Å². The van der Waals surface area contributed by atoms with Crippen molar-refractivity contribution in [3.05, 3.63) is 64.2 Å². The lowest BCUT2D eigenvalue weighted by Crippen LogP contribution is -2.54. The van der Waals surface area contributed by atoms with Crippen LogP contribution < -0.4 is 37.1 Å². The fourth-order valence-corrected chi connectivity index (χ4v) is 6.17. The van der Waals surface area contributed by atoms with E-state index in [-0.39, 0.29) is 88.2 Å². The van der Waals surface area contributed by atoms with Gasteiger partial charge in [0.2, 0.25) is 23.6 Å². The molecule has 3 rings (SSSR count). The molecule has 0 aliphatic heterocycles. The normalized spacial score (nSPS) is 14.1. The third kappa shape index (κ3) is 24.9. The average Bonchev–Trinajstić information content (AvgIpc) is 3.29. The molecule has 0 heterocycles. The SMILES string of the molecule is CC(C)[C@H](NC(=O)CCOCCOCCOCCOCCNC(=O)COC1C#CCCCCC1)C(=O)N[C@@H](CCCNC(N)=O)C(=O)Nc1ccc(COC(=O)Oc2ccc([N+](=O)[O-])cc2)cc1. The van der Waals surface area contributed by atoms with Crippen LogP contribution in [0.5, 0.6) is 5.75 Å². The number of hydrogen-bond donors (Lipinski definition) is 6. The summed E-state index contributed by atoms with van der Waals surface area (Å²) in [7, 11) is 0. The van der Waals surface area contributed by atoms with Crippen molar-refractivity contribution in [2.24, 2.45) is 11.7 Å². The van der Waals surface area contributed by atoms with E-state index in [1.165, 1.54) is 24.3 Å². The van der Waals surface area contributed by atoms with Crippen molar-refractivity contribution in [1.82, 2.24) is 21.3 Å².